The van der Waals surface area contributed by atoms with Crippen LogP contribution in [0.25, 0.3) is 10.9 Å². The highest BCUT2D eigenvalue weighted by molar-refractivity contribution is 5.83. The van der Waals surface area contributed by atoms with Crippen LogP contribution in [0.5, 0.6) is 0 Å². The van der Waals surface area contributed by atoms with Crippen molar-refractivity contribution in [3.8, 4) is 0 Å². The van der Waals surface area contributed by atoms with Gasteiger partial charge in [0.2, 0.25) is 5.91 Å². The van der Waals surface area contributed by atoms with E-state index in [4.69, 9.17) is 0 Å². The summed E-state index contributed by atoms with van der Waals surface area (Å²) < 4.78 is 0. The van der Waals surface area contributed by atoms with Gasteiger partial charge in [0.25, 0.3) is 0 Å². The highest BCUT2D eigenvalue weighted by Gasteiger charge is 2.17. The van der Waals surface area contributed by atoms with E-state index in [0.717, 1.165) is 17.6 Å². The van der Waals surface area contributed by atoms with Crippen molar-refractivity contribution in [2.45, 2.75) is 39.0 Å². The van der Waals surface area contributed by atoms with Gasteiger partial charge in [0, 0.05) is 42.3 Å². The minimum absolute atomic E-state index is 0.0746. The molecule has 0 unspecified atom stereocenters. The number of amides is 1. The molecule has 4 nitrogen and oxygen atoms in total. The second-order valence-electron chi connectivity index (χ2n) is 7.93. The predicted molar refractivity (Wildman–Crippen MR) is 113 cm³/mol. The SMILES string of the molecule is CC(C)(C)c1ccccc1NCCC(=O)NCCc1c[nH]c2ccccc12. The molecule has 0 fully saturated rings. The fourth-order valence-corrected chi connectivity index (χ4v) is 3.37. The van der Waals surface area contributed by atoms with E-state index < -0.39 is 0 Å². The van der Waals surface area contributed by atoms with Crippen LogP contribution in [0.2, 0.25) is 0 Å². The quantitative estimate of drug-likeness (QED) is 0.573. The molecule has 3 aromatic rings. The molecule has 27 heavy (non-hydrogen) atoms. The summed E-state index contributed by atoms with van der Waals surface area (Å²) in [6, 6.07) is 16.5. The number of fused-ring (bicyclic) bond motifs is 1. The molecule has 0 saturated carbocycles. The maximum atomic E-state index is 12.1. The number of rotatable bonds is 7. The fraction of sp³-hybridized carbons (Fsp3) is 0.348. The van der Waals surface area contributed by atoms with Crippen LogP contribution in [-0.4, -0.2) is 24.0 Å². The van der Waals surface area contributed by atoms with E-state index in [0.29, 0.717) is 19.5 Å². The van der Waals surface area contributed by atoms with Crippen LogP contribution in [0.4, 0.5) is 5.69 Å². The van der Waals surface area contributed by atoms with Crippen molar-refractivity contribution in [1.82, 2.24) is 10.3 Å². The highest BCUT2D eigenvalue weighted by Crippen LogP contribution is 2.29. The number of carbonyl (C=O) groups is 1. The molecule has 3 N–H and O–H groups in total. The van der Waals surface area contributed by atoms with Crippen LogP contribution in [0, 0.1) is 0 Å². The predicted octanol–water partition coefficient (Wildman–Crippen LogP) is 4.63. The number of hydrogen-bond acceptors (Lipinski definition) is 2. The van der Waals surface area contributed by atoms with E-state index in [2.05, 4.69) is 66.7 Å². The van der Waals surface area contributed by atoms with E-state index in [1.54, 1.807) is 0 Å². The Labute approximate surface area is 161 Å². The van der Waals surface area contributed by atoms with Crippen molar-refractivity contribution >= 4 is 22.5 Å². The van der Waals surface area contributed by atoms with E-state index in [-0.39, 0.29) is 11.3 Å². The first-order valence-corrected chi connectivity index (χ1v) is 9.60. The summed E-state index contributed by atoms with van der Waals surface area (Å²) in [6.07, 6.45) is 3.32. The van der Waals surface area contributed by atoms with Gasteiger partial charge in [-0.25, -0.2) is 0 Å². The Balaban J connectivity index is 1.44. The molecule has 0 atom stereocenters. The van der Waals surface area contributed by atoms with Gasteiger partial charge in [-0.3, -0.25) is 4.79 Å². The van der Waals surface area contributed by atoms with Gasteiger partial charge in [-0.15, -0.1) is 0 Å². The first kappa shape index (κ1) is 19.0. The third-order valence-electron chi connectivity index (χ3n) is 4.79. The summed E-state index contributed by atoms with van der Waals surface area (Å²) in [5.74, 6) is 0.0792. The van der Waals surface area contributed by atoms with Crippen molar-refractivity contribution in [1.29, 1.82) is 0 Å². The summed E-state index contributed by atoms with van der Waals surface area (Å²) in [5.41, 5.74) is 4.83. The number of hydrogen-bond donors (Lipinski definition) is 3. The molecule has 0 spiro atoms. The summed E-state index contributed by atoms with van der Waals surface area (Å²) in [7, 11) is 0. The molecule has 0 aliphatic carbocycles. The molecule has 4 heteroatoms. The van der Waals surface area contributed by atoms with Crippen LogP contribution in [0.3, 0.4) is 0 Å². The Bertz CT molecular complexity index is 905. The minimum Gasteiger partial charge on any atom is -0.384 e. The summed E-state index contributed by atoms with van der Waals surface area (Å²) in [4.78, 5) is 15.4. The topological polar surface area (TPSA) is 56.9 Å². The molecule has 142 valence electrons. The molecule has 1 aromatic heterocycles. The molecule has 0 aliphatic rings. The Hall–Kier alpha value is -2.75. The lowest BCUT2D eigenvalue weighted by atomic mass is 9.86. The van der Waals surface area contributed by atoms with E-state index in [1.165, 1.54) is 16.5 Å². The summed E-state index contributed by atoms with van der Waals surface area (Å²) in [6.45, 7) is 7.88. The number of benzene rings is 2. The first-order chi connectivity index (χ1) is 12.9. The van der Waals surface area contributed by atoms with Gasteiger partial charge in [0.05, 0.1) is 0 Å². The van der Waals surface area contributed by atoms with Crippen LogP contribution in [-0.2, 0) is 16.6 Å². The molecule has 3 rings (SSSR count). The molecular formula is C23H29N3O. The maximum absolute atomic E-state index is 12.1. The Morgan fingerprint density at radius 1 is 1.00 bits per heavy atom. The summed E-state index contributed by atoms with van der Waals surface area (Å²) >= 11 is 0. The molecule has 1 amide bonds. The Morgan fingerprint density at radius 2 is 1.74 bits per heavy atom. The number of aromatic nitrogens is 1. The molecule has 0 bridgehead atoms. The van der Waals surface area contributed by atoms with Crippen molar-refractivity contribution in [2.75, 3.05) is 18.4 Å². The first-order valence-electron chi connectivity index (χ1n) is 9.60. The van der Waals surface area contributed by atoms with Gasteiger partial charge < -0.3 is 15.6 Å². The zero-order chi connectivity index (χ0) is 19.3. The molecular weight excluding hydrogens is 334 g/mol. The van der Waals surface area contributed by atoms with Crippen LogP contribution >= 0.6 is 0 Å². The third-order valence-corrected chi connectivity index (χ3v) is 4.79. The van der Waals surface area contributed by atoms with Crippen molar-refractivity contribution in [2.24, 2.45) is 0 Å². The van der Waals surface area contributed by atoms with Gasteiger partial charge >= 0.3 is 0 Å². The van der Waals surface area contributed by atoms with E-state index in [1.807, 2.05) is 24.4 Å². The molecule has 0 saturated heterocycles. The number of H-pyrrole nitrogens is 1. The van der Waals surface area contributed by atoms with Crippen molar-refractivity contribution in [3.63, 3.8) is 0 Å². The van der Waals surface area contributed by atoms with Crippen molar-refractivity contribution < 1.29 is 4.79 Å². The van der Waals surface area contributed by atoms with Gasteiger partial charge in [-0.05, 0) is 35.1 Å². The number of anilines is 1. The second kappa shape index (κ2) is 8.30. The normalized spacial score (nSPS) is 11.5. The average molecular weight is 364 g/mol. The smallest absolute Gasteiger partial charge is 0.221 e. The monoisotopic (exact) mass is 363 g/mol. The van der Waals surface area contributed by atoms with Crippen LogP contribution in [0.1, 0.15) is 38.3 Å². The lowest BCUT2D eigenvalue weighted by Gasteiger charge is -2.23. The minimum atomic E-state index is 0.0746. The molecule has 0 radical (unpaired) electrons. The zero-order valence-electron chi connectivity index (χ0n) is 16.4. The van der Waals surface area contributed by atoms with Gasteiger partial charge in [0.1, 0.15) is 0 Å². The van der Waals surface area contributed by atoms with Crippen molar-refractivity contribution in [3.05, 3.63) is 65.9 Å². The molecule has 2 aromatic carbocycles. The number of aromatic amines is 1. The van der Waals surface area contributed by atoms with Gasteiger partial charge in [-0.1, -0.05) is 57.2 Å². The number of nitrogens with one attached hydrogen (secondary N) is 3. The maximum Gasteiger partial charge on any atom is 0.221 e. The molecule has 1 heterocycles. The second-order valence-corrected chi connectivity index (χ2v) is 7.93. The molecule has 0 aliphatic heterocycles. The van der Waals surface area contributed by atoms with Gasteiger partial charge in [0.15, 0.2) is 0 Å². The number of carbonyl (C=O) groups excluding carboxylic acids is 1. The van der Waals surface area contributed by atoms with E-state index >= 15 is 0 Å². The lowest BCUT2D eigenvalue weighted by molar-refractivity contribution is -0.120. The average Bonchev–Trinajstić information content (AvgIpc) is 3.05. The Kier molecular flexibility index (Phi) is 5.84. The summed E-state index contributed by atoms with van der Waals surface area (Å²) in [5, 5.41) is 7.67. The zero-order valence-corrected chi connectivity index (χ0v) is 16.4. The Morgan fingerprint density at radius 3 is 2.56 bits per heavy atom. The fourth-order valence-electron chi connectivity index (χ4n) is 3.37. The van der Waals surface area contributed by atoms with Crippen LogP contribution in [0.15, 0.2) is 54.7 Å². The standard InChI is InChI=1S/C23H29N3O/c1-23(2,3)19-9-5-7-11-21(19)24-15-13-22(27)25-14-12-17-16-26-20-10-6-4-8-18(17)20/h4-11,16,24,26H,12-15H2,1-3H3,(H,25,27). The lowest BCUT2D eigenvalue weighted by Crippen LogP contribution is -2.27. The van der Waals surface area contributed by atoms with Crippen LogP contribution < -0.4 is 10.6 Å². The number of para-hydroxylation sites is 2. The largest absolute Gasteiger partial charge is 0.384 e. The third kappa shape index (κ3) is 4.91. The highest BCUT2D eigenvalue weighted by atomic mass is 16.1. The van der Waals surface area contributed by atoms with E-state index in [9.17, 15) is 4.79 Å². The van der Waals surface area contributed by atoms with Gasteiger partial charge in [-0.2, -0.15) is 0 Å².